The van der Waals surface area contributed by atoms with E-state index < -0.39 is 0 Å². The van der Waals surface area contributed by atoms with Crippen molar-refractivity contribution >= 4 is 5.91 Å². The Balaban J connectivity index is 1.46. The summed E-state index contributed by atoms with van der Waals surface area (Å²) in [5.74, 6) is -0.112. The fraction of sp³-hybridized carbons (Fsp3) is 0.289. The van der Waals surface area contributed by atoms with Gasteiger partial charge < -0.3 is 5.32 Å². The minimum atomic E-state index is -0.112. The Bertz CT molecular complexity index is 1460. The summed E-state index contributed by atoms with van der Waals surface area (Å²) in [6, 6.07) is 29.5. The quantitative estimate of drug-likeness (QED) is 0.144. The van der Waals surface area contributed by atoms with Gasteiger partial charge in [-0.05, 0) is 114 Å². The molecule has 0 saturated heterocycles. The summed E-state index contributed by atoms with van der Waals surface area (Å²) in [4.78, 5) is 11.3. The topological polar surface area (TPSA) is 29.1 Å². The van der Waals surface area contributed by atoms with Gasteiger partial charge in [0.2, 0.25) is 5.91 Å². The summed E-state index contributed by atoms with van der Waals surface area (Å²) in [6.45, 7) is 13.0. The van der Waals surface area contributed by atoms with Gasteiger partial charge in [0.05, 0.1) is 0 Å². The standard InChI is InChI=1S/C38H43NO/c1-6-8-9-11-30-13-16-32(17-14-30)33-18-21-35(28(4)25-33)34-19-22-37(29(5)26-34)36-20-15-31(24-27(36)3)12-10-23-39-38(40)7-2/h7,13-22,24-26H,2,6,8-12,23H2,1,3-5H3,(H,39,40). The van der Waals surface area contributed by atoms with Gasteiger partial charge in [-0.15, -0.1) is 0 Å². The Morgan fingerprint density at radius 1 is 0.650 bits per heavy atom. The molecule has 0 fully saturated rings. The molecule has 0 aromatic heterocycles. The van der Waals surface area contributed by atoms with Crippen LogP contribution < -0.4 is 5.32 Å². The van der Waals surface area contributed by atoms with Gasteiger partial charge in [-0.3, -0.25) is 4.79 Å². The first-order valence-corrected chi connectivity index (χ1v) is 14.7. The van der Waals surface area contributed by atoms with Crippen LogP contribution in [0.5, 0.6) is 0 Å². The van der Waals surface area contributed by atoms with Crippen LogP contribution in [0.1, 0.15) is 60.4 Å². The first-order valence-electron chi connectivity index (χ1n) is 14.7. The Hall–Kier alpha value is -3.91. The van der Waals surface area contributed by atoms with E-state index in [1.54, 1.807) is 0 Å². The second-order valence-corrected chi connectivity index (χ2v) is 11.0. The summed E-state index contributed by atoms with van der Waals surface area (Å²) in [7, 11) is 0. The van der Waals surface area contributed by atoms with Crippen LogP contribution in [0.25, 0.3) is 33.4 Å². The molecular weight excluding hydrogens is 486 g/mol. The van der Waals surface area contributed by atoms with E-state index in [0.717, 1.165) is 12.8 Å². The molecule has 4 aromatic rings. The monoisotopic (exact) mass is 529 g/mol. The number of nitrogens with one attached hydrogen (secondary N) is 1. The summed E-state index contributed by atoms with van der Waals surface area (Å²) in [5, 5.41) is 2.85. The van der Waals surface area contributed by atoms with Crippen molar-refractivity contribution in [1.82, 2.24) is 5.32 Å². The fourth-order valence-electron chi connectivity index (χ4n) is 5.50. The van der Waals surface area contributed by atoms with E-state index in [1.807, 2.05) is 0 Å². The zero-order chi connectivity index (χ0) is 28.5. The number of unbranched alkanes of at least 4 members (excludes halogenated alkanes) is 2. The molecule has 0 unspecified atom stereocenters. The van der Waals surface area contributed by atoms with E-state index in [1.165, 1.54) is 93.0 Å². The molecule has 4 rings (SSSR count). The van der Waals surface area contributed by atoms with E-state index in [0.29, 0.717) is 6.54 Å². The molecule has 206 valence electrons. The van der Waals surface area contributed by atoms with Crippen molar-refractivity contribution in [3.05, 3.63) is 119 Å². The number of amides is 1. The largest absolute Gasteiger partial charge is 0.353 e. The molecule has 4 aromatic carbocycles. The number of hydrogen-bond donors (Lipinski definition) is 1. The van der Waals surface area contributed by atoms with Crippen molar-refractivity contribution in [3.63, 3.8) is 0 Å². The molecule has 0 spiro atoms. The third kappa shape index (κ3) is 7.39. The van der Waals surface area contributed by atoms with Crippen molar-refractivity contribution in [2.75, 3.05) is 6.54 Å². The third-order valence-corrected chi connectivity index (χ3v) is 7.83. The van der Waals surface area contributed by atoms with Gasteiger partial charge in [0.1, 0.15) is 0 Å². The van der Waals surface area contributed by atoms with Crippen molar-refractivity contribution in [3.8, 4) is 33.4 Å². The third-order valence-electron chi connectivity index (χ3n) is 7.83. The molecule has 0 saturated carbocycles. The Morgan fingerprint density at radius 3 is 1.85 bits per heavy atom. The van der Waals surface area contributed by atoms with Crippen molar-refractivity contribution in [2.45, 2.75) is 66.2 Å². The first kappa shape index (κ1) is 29.1. The Kier molecular flexibility index (Phi) is 10.1. The van der Waals surface area contributed by atoms with E-state index in [-0.39, 0.29) is 5.91 Å². The summed E-state index contributed by atoms with van der Waals surface area (Å²) < 4.78 is 0. The van der Waals surface area contributed by atoms with Crippen LogP contribution in [0.15, 0.2) is 91.5 Å². The highest BCUT2D eigenvalue weighted by molar-refractivity contribution is 5.86. The van der Waals surface area contributed by atoms with E-state index in [2.05, 4.69) is 118 Å². The molecule has 0 radical (unpaired) electrons. The molecule has 0 aliphatic rings. The lowest BCUT2D eigenvalue weighted by atomic mass is 9.90. The highest BCUT2D eigenvalue weighted by Crippen LogP contribution is 2.34. The normalized spacial score (nSPS) is 10.9. The minimum Gasteiger partial charge on any atom is -0.353 e. The van der Waals surface area contributed by atoms with E-state index >= 15 is 0 Å². The second-order valence-electron chi connectivity index (χ2n) is 11.0. The SMILES string of the molecule is C=CC(=O)NCCCc1ccc(-c2ccc(-c3ccc(-c4ccc(CCCCC)cc4)cc3C)cc2C)c(C)c1. The van der Waals surface area contributed by atoms with Crippen molar-refractivity contribution in [2.24, 2.45) is 0 Å². The Morgan fingerprint density at radius 2 is 1.20 bits per heavy atom. The summed E-state index contributed by atoms with van der Waals surface area (Å²) in [5.41, 5.74) is 14.2. The number of carbonyl (C=O) groups is 1. The molecule has 1 N–H and O–H groups in total. The smallest absolute Gasteiger partial charge is 0.243 e. The van der Waals surface area contributed by atoms with Crippen LogP contribution in [-0.4, -0.2) is 12.5 Å². The van der Waals surface area contributed by atoms with Crippen LogP contribution in [0.4, 0.5) is 0 Å². The van der Waals surface area contributed by atoms with E-state index in [4.69, 9.17) is 0 Å². The molecule has 0 bridgehead atoms. The molecule has 2 heteroatoms. The van der Waals surface area contributed by atoms with Gasteiger partial charge in [-0.1, -0.05) is 105 Å². The molecule has 0 aliphatic carbocycles. The lowest BCUT2D eigenvalue weighted by Gasteiger charge is -2.15. The summed E-state index contributed by atoms with van der Waals surface area (Å²) >= 11 is 0. The predicted molar refractivity (Wildman–Crippen MR) is 172 cm³/mol. The molecule has 0 aliphatic heterocycles. The average Bonchev–Trinajstić information content (AvgIpc) is 2.96. The van der Waals surface area contributed by atoms with Gasteiger partial charge in [-0.2, -0.15) is 0 Å². The van der Waals surface area contributed by atoms with E-state index in [9.17, 15) is 4.79 Å². The van der Waals surface area contributed by atoms with Gasteiger partial charge in [-0.25, -0.2) is 0 Å². The van der Waals surface area contributed by atoms with Crippen LogP contribution in [0.2, 0.25) is 0 Å². The zero-order valence-corrected chi connectivity index (χ0v) is 24.6. The van der Waals surface area contributed by atoms with Gasteiger partial charge in [0.25, 0.3) is 0 Å². The molecule has 40 heavy (non-hydrogen) atoms. The van der Waals surface area contributed by atoms with Crippen molar-refractivity contribution < 1.29 is 4.79 Å². The molecule has 0 atom stereocenters. The first-order chi connectivity index (χ1) is 19.4. The number of aryl methyl sites for hydroxylation is 5. The zero-order valence-electron chi connectivity index (χ0n) is 24.6. The number of hydrogen-bond acceptors (Lipinski definition) is 1. The highest BCUT2D eigenvalue weighted by atomic mass is 16.1. The second kappa shape index (κ2) is 13.9. The molecule has 2 nitrogen and oxygen atoms in total. The van der Waals surface area contributed by atoms with Crippen molar-refractivity contribution in [1.29, 1.82) is 0 Å². The maximum atomic E-state index is 11.3. The Labute approximate surface area is 241 Å². The fourth-order valence-corrected chi connectivity index (χ4v) is 5.50. The maximum Gasteiger partial charge on any atom is 0.243 e. The van der Waals surface area contributed by atoms with Gasteiger partial charge >= 0.3 is 0 Å². The predicted octanol–water partition coefficient (Wildman–Crippen LogP) is 9.58. The lowest BCUT2D eigenvalue weighted by Crippen LogP contribution is -2.22. The van der Waals surface area contributed by atoms with Crippen LogP contribution in [-0.2, 0) is 17.6 Å². The number of rotatable bonds is 12. The highest BCUT2D eigenvalue weighted by Gasteiger charge is 2.10. The van der Waals surface area contributed by atoms with Crippen LogP contribution in [0, 0.1) is 20.8 Å². The maximum absolute atomic E-state index is 11.3. The van der Waals surface area contributed by atoms with Gasteiger partial charge in [0.15, 0.2) is 0 Å². The number of carbonyl (C=O) groups excluding carboxylic acids is 1. The molecule has 0 heterocycles. The molecular formula is C38H43NO. The number of benzene rings is 4. The average molecular weight is 530 g/mol. The summed E-state index contributed by atoms with van der Waals surface area (Å²) in [6.07, 6.45) is 8.17. The van der Waals surface area contributed by atoms with Crippen LogP contribution in [0.3, 0.4) is 0 Å². The van der Waals surface area contributed by atoms with Gasteiger partial charge in [0, 0.05) is 6.54 Å². The van der Waals surface area contributed by atoms with Crippen LogP contribution >= 0.6 is 0 Å². The lowest BCUT2D eigenvalue weighted by molar-refractivity contribution is -0.116. The molecule has 1 amide bonds. The minimum absolute atomic E-state index is 0.112.